The predicted octanol–water partition coefficient (Wildman–Crippen LogP) is 1.51. The lowest BCUT2D eigenvalue weighted by molar-refractivity contribution is -0.118. The monoisotopic (exact) mass is 400 g/mol. The maximum absolute atomic E-state index is 12.6. The third-order valence-electron chi connectivity index (χ3n) is 4.36. The number of sulfone groups is 1. The average Bonchev–Trinajstić information content (AvgIpc) is 3.16. The Morgan fingerprint density at radius 1 is 1.14 bits per heavy atom. The fraction of sp³-hybridized carbons (Fsp3) is 0.211. The molecule has 0 bridgehead atoms. The fourth-order valence-electron chi connectivity index (χ4n) is 2.96. The Balaban J connectivity index is 1.91. The molecule has 1 atom stereocenters. The molecule has 1 unspecified atom stereocenters. The van der Waals surface area contributed by atoms with E-state index in [1.807, 2.05) is 36.5 Å². The Hall–Kier alpha value is -3.20. The number of carbonyl (C=O) groups is 1. The first-order valence-corrected chi connectivity index (χ1v) is 10.5. The zero-order valence-corrected chi connectivity index (χ0v) is 16.0. The highest BCUT2D eigenvalue weighted by Gasteiger charge is 2.24. The summed E-state index contributed by atoms with van der Waals surface area (Å²) in [5.74, 6) is -0.615. The van der Waals surface area contributed by atoms with Crippen LogP contribution in [0, 0.1) is 0 Å². The van der Waals surface area contributed by atoms with Crippen molar-refractivity contribution < 1.29 is 13.2 Å². The molecule has 0 saturated carbocycles. The summed E-state index contributed by atoms with van der Waals surface area (Å²) < 4.78 is 27.0. The summed E-state index contributed by atoms with van der Waals surface area (Å²) >= 11 is 0. The van der Waals surface area contributed by atoms with Gasteiger partial charge in [-0.15, -0.1) is 0 Å². The SMILES string of the molecule is CS(=O)(=O)C(CCC(N)=O)n1ccc(-c2ccc(-n3cccn3)cc2)cc1=O. The van der Waals surface area contributed by atoms with Crippen LogP contribution in [-0.4, -0.2) is 34.9 Å². The summed E-state index contributed by atoms with van der Waals surface area (Å²) in [4.78, 5) is 23.6. The quantitative estimate of drug-likeness (QED) is 0.645. The van der Waals surface area contributed by atoms with E-state index in [0.29, 0.717) is 5.56 Å². The molecule has 3 rings (SSSR count). The van der Waals surface area contributed by atoms with Crippen molar-refractivity contribution in [2.75, 3.05) is 6.26 Å². The lowest BCUT2D eigenvalue weighted by Crippen LogP contribution is -2.29. The number of carbonyl (C=O) groups excluding carboxylic acids is 1. The number of nitrogens with zero attached hydrogens (tertiary/aromatic N) is 3. The van der Waals surface area contributed by atoms with E-state index >= 15 is 0 Å². The molecule has 0 fully saturated rings. The maximum atomic E-state index is 12.6. The van der Waals surface area contributed by atoms with Crippen LogP contribution in [0.15, 0.2) is 65.8 Å². The lowest BCUT2D eigenvalue weighted by atomic mass is 10.1. The highest BCUT2D eigenvalue weighted by Crippen LogP contribution is 2.22. The van der Waals surface area contributed by atoms with Gasteiger partial charge in [0.2, 0.25) is 5.91 Å². The van der Waals surface area contributed by atoms with Crippen LogP contribution >= 0.6 is 0 Å². The smallest absolute Gasteiger partial charge is 0.252 e. The molecule has 2 aromatic heterocycles. The van der Waals surface area contributed by atoms with E-state index in [2.05, 4.69) is 5.10 Å². The van der Waals surface area contributed by atoms with Crippen molar-refractivity contribution in [2.24, 2.45) is 5.73 Å². The largest absolute Gasteiger partial charge is 0.370 e. The van der Waals surface area contributed by atoms with Gasteiger partial charge in [-0.2, -0.15) is 5.10 Å². The average molecular weight is 400 g/mol. The first-order chi connectivity index (χ1) is 13.3. The van der Waals surface area contributed by atoms with Gasteiger partial charge in [-0.25, -0.2) is 13.1 Å². The van der Waals surface area contributed by atoms with E-state index in [0.717, 1.165) is 22.1 Å². The molecule has 8 nitrogen and oxygen atoms in total. The lowest BCUT2D eigenvalue weighted by Gasteiger charge is -2.18. The third-order valence-corrected chi connectivity index (χ3v) is 5.81. The summed E-state index contributed by atoms with van der Waals surface area (Å²) in [6.07, 6.45) is 5.81. The molecule has 9 heteroatoms. The second kappa shape index (κ2) is 7.81. The normalized spacial score (nSPS) is 12.6. The molecule has 0 saturated heterocycles. The van der Waals surface area contributed by atoms with Crippen LogP contribution in [0.3, 0.4) is 0 Å². The Morgan fingerprint density at radius 2 is 1.86 bits per heavy atom. The fourth-order valence-corrected chi connectivity index (χ4v) is 4.09. The van der Waals surface area contributed by atoms with Crippen molar-refractivity contribution in [3.63, 3.8) is 0 Å². The molecule has 3 aromatic rings. The van der Waals surface area contributed by atoms with E-state index in [4.69, 9.17) is 5.73 Å². The molecular weight excluding hydrogens is 380 g/mol. The molecule has 0 radical (unpaired) electrons. The van der Waals surface area contributed by atoms with Gasteiger partial charge in [-0.1, -0.05) is 12.1 Å². The number of benzene rings is 1. The highest BCUT2D eigenvalue weighted by atomic mass is 32.2. The molecule has 1 aromatic carbocycles. The van der Waals surface area contributed by atoms with Crippen molar-refractivity contribution in [3.05, 3.63) is 71.4 Å². The van der Waals surface area contributed by atoms with Crippen LogP contribution in [0.2, 0.25) is 0 Å². The van der Waals surface area contributed by atoms with Gasteiger partial charge in [-0.05, 0) is 41.8 Å². The van der Waals surface area contributed by atoms with Crippen molar-refractivity contribution in [1.29, 1.82) is 0 Å². The van der Waals surface area contributed by atoms with E-state index in [1.165, 1.54) is 12.3 Å². The third kappa shape index (κ3) is 4.37. The van der Waals surface area contributed by atoms with Crippen LogP contribution in [0.25, 0.3) is 16.8 Å². The molecule has 0 aliphatic heterocycles. The zero-order chi connectivity index (χ0) is 20.3. The first-order valence-electron chi connectivity index (χ1n) is 8.55. The molecule has 2 N–H and O–H groups in total. The number of primary amides is 1. The number of hydrogen-bond acceptors (Lipinski definition) is 5. The molecule has 0 spiro atoms. The number of pyridine rings is 1. The Morgan fingerprint density at radius 3 is 2.39 bits per heavy atom. The molecule has 146 valence electrons. The molecule has 0 aliphatic carbocycles. The Kier molecular flexibility index (Phi) is 5.46. The zero-order valence-electron chi connectivity index (χ0n) is 15.2. The topological polar surface area (TPSA) is 117 Å². The molecule has 0 aliphatic rings. The Bertz CT molecular complexity index is 1130. The van der Waals surface area contributed by atoms with Gasteiger partial charge in [0.05, 0.1) is 5.69 Å². The van der Waals surface area contributed by atoms with Crippen molar-refractivity contribution in [1.82, 2.24) is 14.3 Å². The van der Waals surface area contributed by atoms with Crippen LogP contribution in [0.1, 0.15) is 18.2 Å². The predicted molar refractivity (Wildman–Crippen MR) is 106 cm³/mol. The summed E-state index contributed by atoms with van der Waals surface area (Å²) in [6.45, 7) is 0. The van der Waals surface area contributed by atoms with Gasteiger partial charge in [0.15, 0.2) is 9.84 Å². The second-order valence-corrected chi connectivity index (χ2v) is 8.65. The van der Waals surface area contributed by atoms with Gasteiger partial charge in [0, 0.05) is 37.3 Å². The van der Waals surface area contributed by atoms with Crippen molar-refractivity contribution >= 4 is 15.7 Å². The van der Waals surface area contributed by atoms with Crippen LogP contribution in [0.5, 0.6) is 0 Å². The van der Waals surface area contributed by atoms with Gasteiger partial charge < -0.3 is 5.73 Å². The van der Waals surface area contributed by atoms with Gasteiger partial charge in [0.1, 0.15) is 5.37 Å². The number of amides is 1. The summed E-state index contributed by atoms with van der Waals surface area (Å²) in [7, 11) is -3.60. The van der Waals surface area contributed by atoms with Crippen molar-refractivity contribution in [2.45, 2.75) is 18.2 Å². The number of hydrogen-bond donors (Lipinski definition) is 1. The summed E-state index contributed by atoms with van der Waals surface area (Å²) in [5, 5.41) is 3.02. The maximum Gasteiger partial charge on any atom is 0.252 e. The molecular formula is C19H20N4O4S. The second-order valence-electron chi connectivity index (χ2n) is 6.45. The minimum absolute atomic E-state index is 0.0496. The standard InChI is InChI=1S/C19H20N4O4S/c1-28(26,27)19(8-7-17(20)24)22-12-9-15(13-18(22)25)14-3-5-16(6-4-14)23-11-2-10-21-23/h2-6,9-13,19H,7-8H2,1H3,(H2,20,24). The summed E-state index contributed by atoms with van der Waals surface area (Å²) in [6, 6.07) is 12.3. The number of rotatable bonds is 7. The summed E-state index contributed by atoms with van der Waals surface area (Å²) in [5.41, 5.74) is 7.01. The molecule has 28 heavy (non-hydrogen) atoms. The first kappa shape index (κ1) is 19.6. The molecule has 2 heterocycles. The minimum atomic E-state index is -3.60. The van der Waals surface area contributed by atoms with E-state index in [1.54, 1.807) is 16.9 Å². The highest BCUT2D eigenvalue weighted by molar-refractivity contribution is 7.90. The van der Waals surface area contributed by atoms with Crippen LogP contribution < -0.4 is 11.3 Å². The van der Waals surface area contributed by atoms with E-state index in [9.17, 15) is 18.0 Å². The number of aromatic nitrogens is 3. The minimum Gasteiger partial charge on any atom is -0.370 e. The number of nitrogens with two attached hydrogens (primary N) is 1. The van der Waals surface area contributed by atoms with Gasteiger partial charge >= 0.3 is 0 Å². The van der Waals surface area contributed by atoms with Crippen LogP contribution in [-0.2, 0) is 14.6 Å². The van der Waals surface area contributed by atoms with Gasteiger partial charge in [-0.3, -0.25) is 14.2 Å². The molecule has 1 amide bonds. The van der Waals surface area contributed by atoms with Crippen molar-refractivity contribution in [3.8, 4) is 16.8 Å². The van der Waals surface area contributed by atoms with Crippen LogP contribution in [0.4, 0.5) is 0 Å². The Labute approximate surface area is 162 Å². The van der Waals surface area contributed by atoms with E-state index < -0.39 is 26.7 Å². The van der Waals surface area contributed by atoms with E-state index in [-0.39, 0.29) is 12.8 Å². The van der Waals surface area contributed by atoms with Gasteiger partial charge in [0.25, 0.3) is 5.56 Å².